The third-order valence-electron chi connectivity index (χ3n) is 3.07. The number of fused-ring (bicyclic) bond motifs is 1. The van der Waals surface area contributed by atoms with Gasteiger partial charge in [-0.15, -0.1) is 11.3 Å². The molecule has 98 valence electrons. The summed E-state index contributed by atoms with van der Waals surface area (Å²) in [6.45, 7) is 2.92. The van der Waals surface area contributed by atoms with Crippen molar-refractivity contribution in [2.45, 2.75) is 25.9 Å². The van der Waals surface area contributed by atoms with E-state index in [0.29, 0.717) is 0 Å². The molecule has 1 atom stereocenters. The van der Waals surface area contributed by atoms with E-state index in [1.807, 2.05) is 18.3 Å². The van der Waals surface area contributed by atoms with Gasteiger partial charge in [0.2, 0.25) is 0 Å². The van der Waals surface area contributed by atoms with Crippen molar-refractivity contribution in [3.05, 3.63) is 34.7 Å². The van der Waals surface area contributed by atoms with Crippen LogP contribution < -0.4 is 0 Å². The molecule has 0 saturated carbocycles. The maximum atomic E-state index is 9.68. The number of aliphatic hydroxyl groups is 1. The summed E-state index contributed by atoms with van der Waals surface area (Å²) in [5, 5.41) is 11.0. The van der Waals surface area contributed by atoms with Gasteiger partial charge in [0.1, 0.15) is 0 Å². The molecule has 0 bridgehead atoms. The number of rotatable bonds is 5. The number of hydrogen-bond donors (Lipinski definition) is 1. The van der Waals surface area contributed by atoms with Crippen molar-refractivity contribution in [3.63, 3.8) is 0 Å². The molecule has 1 unspecified atom stereocenters. The molecule has 0 saturated heterocycles. The van der Waals surface area contributed by atoms with Crippen LogP contribution in [-0.4, -0.2) is 36.8 Å². The van der Waals surface area contributed by atoms with Crippen molar-refractivity contribution in [3.8, 4) is 0 Å². The van der Waals surface area contributed by atoms with Gasteiger partial charge in [-0.1, -0.05) is 18.2 Å². The molecular weight excluding hydrogens is 242 g/mol. The van der Waals surface area contributed by atoms with Crippen molar-refractivity contribution in [2.24, 2.45) is 0 Å². The summed E-state index contributed by atoms with van der Waals surface area (Å²) in [7, 11) is 4.20. The SMILES string of the molecule is CC(O)Cc1c(CCN(C)C)sc2ccccc12. The van der Waals surface area contributed by atoms with Crippen molar-refractivity contribution in [2.75, 3.05) is 20.6 Å². The number of hydrogen-bond acceptors (Lipinski definition) is 3. The highest BCUT2D eigenvalue weighted by molar-refractivity contribution is 7.19. The lowest BCUT2D eigenvalue weighted by atomic mass is 10.0. The second kappa shape index (κ2) is 5.83. The lowest BCUT2D eigenvalue weighted by Gasteiger charge is -2.10. The number of likely N-dealkylation sites (N-methyl/N-ethyl adjacent to an activating group) is 1. The molecule has 0 aliphatic carbocycles. The van der Waals surface area contributed by atoms with E-state index in [2.05, 4.69) is 43.3 Å². The smallest absolute Gasteiger partial charge is 0.0553 e. The number of thiophene rings is 1. The molecular formula is C15H21NOS. The molecule has 1 N–H and O–H groups in total. The van der Waals surface area contributed by atoms with Gasteiger partial charge in [-0.2, -0.15) is 0 Å². The van der Waals surface area contributed by atoms with Crippen LogP contribution in [0.2, 0.25) is 0 Å². The summed E-state index contributed by atoms with van der Waals surface area (Å²) in [5.41, 5.74) is 1.34. The first-order valence-electron chi connectivity index (χ1n) is 6.40. The monoisotopic (exact) mass is 263 g/mol. The van der Waals surface area contributed by atoms with Crippen molar-refractivity contribution in [1.82, 2.24) is 4.90 Å². The van der Waals surface area contributed by atoms with Crippen molar-refractivity contribution in [1.29, 1.82) is 0 Å². The molecule has 2 rings (SSSR count). The Bertz CT molecular complexity index is 516. The minimum Gasteiger partial charge on any atom is -0.393 e. The summed E-state index contributed by atoms with van der Waals surface area (Å²) < 4.78 is 1.34. The van der Waals surface area contributed by atoms with Gasteiger partial charge in [0, 0.05) is 16.1 Å². The third-order valence-corrected chi connectivity index (χ3v) is 4.34. The molecule has 0 spiro atoms. The average molecular weight is 263 g/mol. The van der Waals surface area contributed by atoms with Gasteiger partial charge >= 0.3 is 0 Å². The maximum Gasteiger partial charge on any atom is 0.0553 e. The summed E-state index contributed by atoms with van der Waals surface area (Å²) in [6, 6.07) is 8.50. The lowest BCUT2D eigenvalue weighted by molar-refractivity contribution is 0.195. The highest BCUT2D eigenvalue weighted by atomic mass is 32.1. The Morgan fingerprint density at radius 1 is 1.28 bits per heavy atom. The molecule has 1 aromatic heterocycles. The molecule has 0 fully saturated rings. The Balaban J connectivity index is 2.36. The fourth-order valence-corrected chi connectivity index (χ4v) is 3.42. The predicted octanol–water partition coefficient (Wildman–Crippen LogP) is 2.93. The first-order valence-corrected chi connectivity index (χ1v) is 7.21. The highest BCUT2D eigenvalue weighted by Gasteiger charge is 2.13. The van der Waals surface area contributed by atoms with Gasteiger partial charge in [0.15, 0.2) is 0 Å². The van der Waals surface area contributed by atoms with E-state index in [4.69, 9.17) is 0 Å². The number of aliphatic hydroxyl groups excluding tert-OH is 1. The standard InChI is InChI=1S/C15H21NOS/c1-11(17)10-13-12-6-4-5-7-14(12)18-15(13)8-9-16(2)3/h4-7,11,17H,8-10H2,1-3H3. The van der Waals surface area contributed by atoms with Gasteiger partial charge in [-0.25, -0.2) is 0 Å². The molecule has 0 aliphatic heterocycles. The van der Waals surface area contributed by atoms with Crippen LogP contribution >= 0.6 is 11.3 Å². The molecule has 2 nitrogen and oxygen atoms in total. The second-order valence-electron chi connectivity index (χ2n) is 5.11. The Morgan fingerprint density at radius 3 is 2.67 bits per heavy atom. The van der Waals surface area contributed by atoms with Crippen LogP contribution in [0.25, 0.3) is 10.1 Å². The highest BCUT2D eigenvalue weighted by Crippen LogP contribution is 2.32. The van der Waals surface area contributed by atoms with E-state index in [-0.39, 0.29) is 6.10 Å². The Hall–Kier alpha value is -0.900. The van der Waals surface area contributed by atoms with Gasteiger partial charge in [-0.05, 0) is 50.9 Å². The quantitative estimate of drug-likeness (QED) is 0.896. The van der Waals surface area contributed by atoms with E-state index in [1.54, 1.807) is 0 Å². The molecule has 0 radical (unpaired) electrons. The fourth-order valence-electron chi connectivity index (χ4n) is 2.20. The Labute approximate surface area is 113 Å². The van der Waals surface area contributed by atoms with Crippen molar-refractivity contribution < 1.29 is 5.11 Å². The number of benzene rings is 1. The molecule has 3 heteroatoms. The first kappa shape index (κ1) is 13.5. The van der Waals surface area contributed by atoms with Crippen LogP contribution in [0, 0.1) is 0 Å². The van der Waals surface area contributed by atoms with E-state index >= 15 is 0 Å². The van der Waals surface area contributed by atoms with Gasteiger partial charge in [0.05, 0.1) is 6.10 Å². The number of nitrogens with zero attached hydrogens (tertiary/aromatic N) is 1. The summed E-state index contributed by atoms with van der Waals surface area (Å²) in [4.78, 5) is 3.63. The second-order valence-corrected chi connectivity index (χ2v) is 6.24. The molecule has 0 aliphatic rings. The van der Waals surface area contributed by atoms with Crippen LogP contribution in [0.15, 0.2) is 24.3 Å². The van der Waals surface area contributed by atoms with E-state index in [9.17, 15) is 5.11 Å². The molecule has 2 aromatic rings. The third kappa shape index (κ3) is 3.10. The van der Waals surface area contributed by atoms with Gasteiger partial charge in [-0.3, -0.25) is 0 Å². The van der Waals surface area contributed by atoms with Crippen LogP contribution in [-0.2, 0) is 12.8 Å². The van der Waals surface area contributed by atoms with Crippen LogP contribution in [0.3, 0.4) is 0 Å². The van der Waals surface area contributed by atoms with Crippen LogP contribution in [0.4, 0.5) is 0 Å². The Morgan fingerprint density at radius 2 is 2.00 bits per heavy atom. The van der Waals surface area contributed by atoms with E-state index in [0.717, 1.165) is 19.4 Å². The maximum absolute atomic E-state index is 9.68. The zero-order chi connectivity index (χ0) is 13.1. The van der Waals surface area contributed by atoms with Crippen LogP contribution in [0.5, 0.6) is 0 Å². The minimum absolute atomic E-state index is 0.277. The van der Waals surface area contributed by atoms with E-state index in [1.165, 1.54) is 20.5 Å². The normalized spacial score (nSPS) is 13.4. The summed E-state index contributed by atoms with van der Waals surface area (Å²) >= 11 is 1.87. The predicted molar refractivity (Wildman–Crippen MR) is 79.5 cm³/mol. The topological polar surface area (TPSA) is 23.5 Å². The van der Waals surface area contributed by atoms with E-state index < -0.39 is 0 Å². The van der Waals surface area contributed by atoms with Gasteiger partial charge < -0.3 is 10.0 Å². The average Bonchev–Trinajstić information content (AvgIpc) is 2.64. The van der Waals surface area contributed by atoms with Gasteiger partial charge in [0.25, 0.3) is 0 Å². The van der Waals surface area contributed by atoms with Crippen LogP contribution in [0.1, 0.15) is 17.4 Å². The summed E-state index contributed by atoms with van der Waals surface area (Å²) in [5.74, 6) is 0. The zero-order valence-electron chi connectivity index (χ0n) is 11.3. The molecule has 1 aromatic carbocycles. The summed E-state index contributed by atoms with van der Waals surface area (Å²) in [6.07, 6.45) is 1.54. The first-order chi connectivity index (χ1) is 8.58. The minimum atomic E-state index is -0.277. The molecule has 0 amide bonds. The lowest BCUT2D eigenvalue weighted by Crippen LogP contribution is -2.15. The van der Waals surface area contributed by atoms with Crippen molar-refractivity contribution >= 4 is 21.4 Å². The molecule has 1 heterocycles. The fraction of sp³-hybridized carbons (Fsp3) is 0.467. The molecule has 18 heavy (non-hydrogen) atoms. The largest absolute Gasteiger partial charge is 0.393 e. The zero-order valence-corrected chi connectivity index (χ0v) is 12.1. The Kier molecular flexibility index (Phi) is 4.38.